The Morgan fingerprint density at radius 1 is 1.44 bits per heavy atom. The van der Waals surface area contributed by atoms with E-state index in [0.717, 1.165) is 29.8 Å². The molecule has 0 fully saturated rings. The van der Waals surface area contributed by atoms with Gasteiger partial charge in [-0.15, -0.1) is 0 Å². The molecule has 0 amide bonds. The number of nitrogens with zero attached hydrogens (tertiary/aromatic N) is 2. The van der Waals surface area contributed by atoms with E-state index in [1.54, 1.807) is 12.3 Å². The molecular weight excluding hydrogens is 229 g/mol. The molecule has 1 atom stereocenters. The second kappa shape index (κ2) is 5.31. The molecule has 0 aliphatic carbocycles. The van der Waals surface area contributed by atoms with Crippen molar-refractivity contribution in [2.75, 3.05) is 0 Å². The van der Waals surface area contributed by atoms with Crippen molar-refractivity contribution in [3.8, 4) is 0 Å². The van der Waals surface area contributed by atoms with Crippen LogP contribution in [-0.4, -0.2) is 9.55 Å². The quantitative estimate of drug-likeness (QED) is 0.902. The summed E-state index contributed by atoms with van der Waals surface area (Å²) in [4.78, 5) is 4.27. The Kier molecular flexibility index (Phi) is 3.77. The number of nitrogens with two attached hydrogens (primary N) is 1. The molecule has 4 heteroatoms. The summed E-state index contributed by atoms with van der Waals surface area (Å²) >= 11 is 0. The number of rotatable bonds is 4. The lowest BCUT2D eigenvalue weighted by atomic mass is 9.98. The van der Waals surface area contributed by atoms with E-state index in [0.29, 0.717) is 0 Å². The van der Waals surface area contributed by atoms with Gasteiger partial charge in [0.15, 0.2) is 0 Å². The summed E-state index contributed by atoms with van der Waals surface area (Å²) in [7, 11) is 1.97. The normalized spacial score (nSPS) is 12.7. The molecule has 2 rings (SSSR count). The molecular formula is C14H18FN3. The number of imidazole rings is 1. The Labute approximate surface area is 106 Å². The minimum atomic E-state index is -0.215. The molecule has 1 heterocycles. The molecule has 0 spiro atoms. The zero-order valence-corrected chi connectivity index (χ0v) is 10.7. The number of benzene rings is 1. The molecule has 1 unspecified atom stereocenters. The monoisotopic (exact) mass is 247 g/mol. The van der Waals surface area contributed by atoms with Gasteiger partial charge in [-0.2, -0.15) is 0 Å². The highest BCUT2D eigenvalue weighted by atomic mass is 19.1. The Morgan fingerprint density at radius 3 is 2.83 bits per heavy atom. The second-order valence-electron chi connectivity index (χ2n) is 4.60. The molecule has 18 heavy (non-hydrogen) atoms. The van der Waals surface area contributed by atoms with Crippen molar-refractivity contribution in [1.82, 2.24) is 9.55 Å². The summed E-state index contributed by atoms with van der Waals surface area (Å²) in [6.45, 7) is 1.89. The van der Waals surface area contributed by atoms with Crippen LogP contribution in [0.25, 0.3) is 0 Å². The topological polar surface area (TPSA) is 43.8 Å². The molecule has 96 valence electrons. The van der Waals surface area contributed by atoms with Gasteiger partial charge in [0.05, 0.1) is 0 Å². The van der Waals surface area contributed by atoms with E-state index in [1.807, 2.05) is 24.7 Å². The molecule has 3 nitrogen and oxygen atoms in total. The Balaban J connectivity index is 2.03. The Hall–Kier alpha value is -1.68. The molecule has 2 aromatic rings. The van der Waals surface area contributed by atoms with Gasteiger partial charge in [-0.05, 0) is 36.6 Å². The van der Waals surface area contributed by atoms with E-state index in [-0.39, 0.29) is 11.9 Å². The fourth-order valence-electron chi connectivity index (χ4n) is 2.13. The first kappa shape index (κ1) is 12.8. The van der Waals surface area contributed by atoms with Crippen LogP contribution in [0.1, 0.15) is 29.4 Å². The first-order chi connectivity index (χ1) is 8.58. The van der Waals surface area contributed by atoms with E-state index in [4.69, 9.17) is 5.73 Å². The van der Waals surface area contributed by atoms with E-state index in [2.05, 4.69) is 4.98 Å². The lowest BCUT2D eigenvalue weighted by Crippen LogP contribution is -2.14. The fourth-order valence-corrected chi connectivity index (χ4v) is 2.13. The van der Waals surface area contributed by atoms with Gasteiger partial charge in [0, 0.05) is 31.9 Å². The minimum Gasteiger partial charge on any atom is -0.338 e. The molecule has 0 saturated carbocycles. The van der Waals surface area contributed by atoms with Crippen LogP contribution in [0.15, 0.2) is 30.6 Å². The van der Waals surface area contributed by atoms with Crippen molar-refractivity contribution in [1.29, 1.82) is 0 Å². The van der Waals surface area contributed by atoms with Crippen LogP contribution in [0.4, 0.5) is 4.39 Å². The maximum absolute atomic E-state index is 13.0. The summed E-state index contributed by atoms with van der Waals surface area (Å²) in [5, 5.41) is 0. The van der Waals surface area contributed by atoms with Gasteiger partial charge >= 0.3 is 0 Å². The number of hydrogen-bond acceptors (Lipinski definition) is 2. The number of aryl methyl sites for hydroxylation is 3. The van der Waals surface area contributed by atoms with Crippen molar-refractivity contribution >= 4 is 0 Å². The van der Waals surface area contributed by atoms with E-state index < -0.39 is 0 Å². The zero-order chi connectivity index (χ0) is 13.1. The van der Waals surface area contributed by atoms with E-state index >= 15 is 0 Å². The maximum atomic E-state index is 13.0. The smallest absolute Gasteiger partial charge is 0.123 e. The van der Waals surface area contributed by atoms with Gasteiger partial charge in [0.25, 0.3) is 0 Å². The fraction of sp³-hybridized carbons (Fsp3) is 0.357. The van der Waals surface area contributed by atoms with Gasteiger partial charge in [-0.1, -0.05) is 6.07 Å². The molecule has 0 aliphatic rings. The Bertz CT molecular complexity index is 534. The predicted octanol–water partition coefficient (Wildman–Crippen LogP) is 2.50. The largest absolute Gasteiger partial charge is 0.338 e. The van der Waals surface area contributed by atoms with Gasteiger partial charge < -0.3 is 10.3 Å². The van der Waals surface area contributed by atoms with Gasteiger partial charge in [-0.25, -0.2) is 9.37 Å². The molecule has 1 aromatic carbocycles. The third-order valence-corrected chi connectivity index (χ3v) is 3.23. The van der Waals surface area contributed by atoms with Crippen LogP contribution in [0, 0.1) is 12.7 Å². The van der Waals surface area contributed by atoms with Crippen LogP contribution < -0.4 is 5.73 Å². The molecule has 1 aromatic heterocycles. The predicted molar refractivity (Wildman–Crippen MR) is 69.6 cm³/mol. The van der Waals surface area contributed by atoms with Gasteiger partial charge in [-0.3, -0.25) is 0 Å². The van der Waals surface area contributed by atoms with Crippen molar-refractivity contribution in [2.24, 2.45) is 12.8 Å². The van der Waals surface area contributed by atoms with Crippen molar-refractivity contribution in [2.45, 2.75) is 25.8 Å². The highest BCUT2D eigenvalue weighted by molar-refractivity contribution is 5.29. The summed E-state index contributed by atoms with van der Waals surface area (Å²) in [5.41, 5.74) is 8.06. The molecule has 0 radical (unpaired) electrons. The third-order valence-electron chi connectivity index (χ3n) is 3.23. The number of hydrogen-bond donors (Lipinski definition) is 1. The van der Waals surface area contributed by atoms with Crippen molar-refractivity contribution in [3.63, 3.8) is 0 Å². The number of halogens is 1. The summed E-state index contributed by atoms with van der Waals surface area (Å²) in [6, 6.07) is 4.68. The standard InChI is InChI=1S/C14H18FN3/c1-10-9-11(15)3-4-12(10)13(16)5-6-14-17-7-8-18(14)2/h3-4,7-9,13H,5-6,16H2,1-2H3. The molecule has 2 N–H and O–H groups in total. The first-order valence-electron chi connectivity index (χ1n) is 6.05. The van der Waals surface area contributed by atoms with Gasteiger partial charge in [0.2, 0.25) is 0 Å². The molecule has 0 bridgehead atoms. The lowest BCUT2D eigenvalue weighted by molar-refractivity contribution is 0.605. The average molecular weight is 247 g/mol. The summed E-state index contributed by atoms with van der Waals surface area (Å²) in [5.74, 6) is 0.803. The van der Waals surface area contributed by atoms with Crippen molar-refractivity contribution in [3.05, 3.63) is 53.4 Å². The first-order valence-corrected chi connectivity index (χ1v) is 6.05. The van der Waals surface area contributed by atoms with Crippen LogP contribution in [0.2, 0.25) is 0 Å². The van der Waals surface area contributed by atoms with Crippen LogP contribution >= 0.6 is 0 Å². The molecule has 0 aliphatic heterocycles. The highest BCUT2D eigenvalue weighted by Gasteiger charge is 2.11. The maximum Gasteiger partial charge on any atom is 0.123 e. The average Bonchev–Trinajstić information content (AvgIpc) is 2.72. The molecule has 0 saturated heterocycles. The third kappa shape index (κ3) is 2.76. The van der Waals surface area contributed by atoms with Crippen LogP contribution in [-0.2, 0) is 13.5 Å². The van der Waals surface area contributed by atoms with Crippen molar-refractivity contribution < 1.29 is 4.39 Å². The minimum absolute atomic E-state index is 0.0812. The lowest BCUT2D eigenvalue weighted by Gasteiger charge is -2.14. The van der Waals surface area contributed by atoms with Crippen LogP contribution in [0.3, 0.4) is 0 Å². The Morgan fingerprint density at radius 2 is 2.22 bits per heavy atom. The number of aromatic nitrogens is 2. The zero-order valence-electron chi connectivity index (χ0n) is 10.7. The van der Waals surface area contributed by atoms with Crippen LogP contribution in [0.5, 0.6) is 0 Å². The van der Waals surface area contributed by atoms with Gasteiger partial charge in [0.1, 0.15) is 11.6 Å². The summed E-state index contributed by atoms with van der Waals surface area (Å²) < 4.78 is 15.0. The second-order valence-corrected chi connectivity index (χ2v) is 4.60. The SMILES string of the molecule is Cc1cc(F)ccc1C(N)CCc1nccn1C. The van der Waals surface area contributed by atoms with E-state index in [1.165, 1.54) is 12.1 Å². The summed E-state index contributed by atoms with van der Waals surface area (Å²) in [6.07, 6.45) is 5.33. The highest BCUT2D eigenvalue weighted by Crippen LogP contribution is 2.20. The van der Waals surface area contributed by atoms with E-state index in [9.17, 15) is 4.39 Å².